The quantitative estimate of drug-likeness (QED) is 0.107. The van der Waals surface area contributed by atoms with Crippen LogP contribution in [-0.4, -0.2) is 15.8 Å². The summed E-state index contributed by atoms with van der Waals surface area (Å²) in [5.74, 6) is -0.472. The third-order valence-electron chi connectivity index (χ3n) is 23.4. The minimum absolute atomic E-state index is 0.101. The Bertz CT molecular complexity index is 6000. The van der Waals surface area contributed by atoms with Gasteiger partial charge >= 0.3 is 0 Å². The second kappa shape index (κ2) is 25.6. The summed E-state index contributed by atoms with van der Waals surface area (Å²) in [7, 11) is 0. The van der Waals surface area contributed by atoms with Crippen molar-refractivity contribution in [3.05, 3.63) is 353 Å². The van der Waals surface area contributed by atoms with Crippen molar-refractivity contribution in [1.29, 1.82) is 5.26 Å². The number of anilines is 3. The molecule has 0 aliphatic carbocycles. The molecule has 0 amide bonds. The first-order chi connectivity index (χ1) is 52.5. The van der Waals surface area contributed by atoms with E-state index < -0.39 is 5.92 Å². The van der Waals surface area contributed by atoms with Gasteiger partial charge in [0.05, 0.1) is 46.0 Å². The fourth-order valence-corrected chi connectivity index (χ4v) is 17.8. The molecule has 0 fully saturated rings. The molecule has 109 heavy (non-hydrogen) atoms. The molecule has 526 valence electrons. The van der Waals surface area contributed by atoms with Crippen LogP contribution in [0.1, 0.15) is 134 Å². The third kappa shape index (κ3) is 11.3. The van der Waals surface area contributed by atoms with Crippen LogP contribution in [0.4, 0.5) is 22.7 Å². The zero-order valence-electron chi connectivity index (χ0n) is 64.2. The van der Waals surface area contributed by atoms with E-state index in [-0.39, 0.29) is 28.4 Å². The van der Waals surface area contributed by atoms with E-state index in [1.807, 2.05) is 24.3 Å². The van der Waals surface area contributed by atoms with Crippen LogP contribution in [0.25, 0.3) is 115 Å². The molecular weight excluding hydrogens is 1320 g/mol. The summed E-state index contributed by atoms with van der Waals surface area (Å²) in [6.07, 6.45) is 0. The molecule has 1 unspecified atom stereocenters. The molecule has 5 nitrogen and oxygen atoms in total. The predicted molar refractivity (Wildman–Crippen MR) is 461 cm³/mol. The summed E-state index contributed by atoms with van der Waals surface area (Å²) in [5, 5.41) is 16.4. The molecule has 14 aromatic carbocycles. The van der Waals surface area contributed by atoms with Crippen LogP contribution in [0.2, 0.25) is 0 Å². The van der Waals surface area contributed by atoms with E-state index >= 15 is 0 Å². The van der Waals surface area contributed by atoms with Gasteiger partial charge in [0, 0.05) is 55.8 Å². The van der Waals surface area contributed by atoms with Crippen molar-refractivity contribution in [2.24, 2.45) is 0 Å². The molecule has 2 aromatic heterocycles. The van der Waals surface area contributed by atoms with E-state index in [9.17, 15) is 5.26 Å². The summed E-state index contributed by atoms with van der Waals surface area (Å²) in [5.41, 5.74) is 32.2. The average molecular weight is 1400 g/mol. The molecule has 0 radical (unpaired) electrons. The van der Waals surface area contributed by atoms with Gasteiger partial charge in [0.25, 0.3) is 0 Å². The van der Waals surface area contributed by atoms with E-state index in [2.05, 4.69) is 381 Å². The van der Waals surface area contributed by atoms with Crippen LogP contribution < -0.4 is 21.3 Å². The van der Waals surface area contributed by atoms with Gasteiger partial charge in [-0.15, -0.1) is 0 Å². The molecular formula is C103H86BN5. The molecule has 4 heterocycles. The van der Waals surface area contributed by atoms with Crippen LogP contribution in [0.15, 0.2) is 297 Å². The summed E-state index contributed by atoms with van der Waals surface area (Å²) in [6, 6.07) is 114. The fourth-order valence-electron chi connectivity index (χ4n) is 17.8. The molecule has 0 N–H and O–H groups in total. The van der Waals surface area contributed by atoms with Gasteiger partial charge in [-0.1, -0.05) is 313 Å². The number of benzene rings is 14. The van der Waals surface area contributed by atoms with E-state index in [1.165, 1.54) is 60.3 Å². The molecule has 6 heteroatoms. The normalized spacial score (nSPS) is 13.5. The average Bonchev–Trinajstić information content (AvgIpc) is 0.981. The lowest BCUT2D eigenvalue weighted by Crippen LogP contribution is -2.62. The van der Waals surface area contributed by atoms with Crippen molar-refractivity contribution < 1.29 is 0 Å². The highest BCUT2D eigenvalue weighted by molar-refractivity contribution is 6.99. The highest BCUT2D eigenvalue weighted by Gasteiger charge is 2.47. The number of aromatic nitrogens is 2. The van der Waals surface area contributed by atoms with E-state index in [1.54, 1.807) is 0 Å². The number of hydrogen-bond acceptors (Lipinski definition) is 2. The number of fused-ring (bicyclic) bond motifs is 10. The number of nitrogens with zero attached hydrogens (tertiary/aromatic N) is 5. The molecule has 2 aliphatic heterocycles. The van der Waals surface area contributed by atoms with Gasteiger partial charge in [-0.25, -0.2) is 4.85 Å². The van der Waals surface area contributed by atoms with Crippen LogP contribution in [0, 0.1) is 17.9 Å². The van der Waals surface area contributed by atoms with Crippen molar-refractivity contribution in [2.75, 3.05) is 4.90 Å². The largest absolute Gasteiger partial charge is 0.310 e. The minimum atomic E-state index is -0.472. The summed E-state index contributed by atoms with van der Waals surface area (Å²) in [4.78, 5) is 7.07. The van der Waals surface area contributed by atoms with Crippen molar-refractivity contribution >= 4 is 89.5 Å². The van der Waals surface area contributed by atoms with E-state index in [0.717, 1.165) is 123 Å². The van der Waals surface area contributed by atoms with Crippen LogP contribution in [-0.2, 0) is 21.7 Å². The highest BCUT2D eigenvalue weighted by atomic mass is 15.2. The Balaban J connectivity index is 1.06. The Hall–Kier alpha value is -12.5. The standard InChI is InChI=1S/C103H86BN5/c1-100(2,3)69-47-43-65(44-48-69)81-57-71(102(7,8)9)59-83(75-32-18-17-31-67(75)63-105)96(81)97-85-61-73(107-90-39-25-20-34-77(90)78-35-21-26-40-91(78)107)51-53-87(85)104-88-54-52-74(108-92-41-27-22-36-79(92)80-37-23-28-42-93(80)108)62-94(88)109(95-56-68(55-86(97)98(95)104)64-29-15-14-16-30-64)99-82(66-45-49-70(50-46-66)101(4,5)6)58-72(103(10,11)12)60-84(99)76-33-19-24-38-89(76)106-13/h14-62,97H,1-12H3. The number of rotatable bonds is 9. The molecule has 0 bridgehead atoms. The maximum Gasteiger partial charge on any atom is 0.247 e. The molecule has 16 aromatic rings. The van der Waals surface area contributed by atoms with Crippen molar-refractivity contribution in [3.8, 4) is 73.1 Å². The summed E-state index contributed by atoms with van der Waals surface area (Å²) < 4.78 is 4.95. The molecule has 1 atom stereocenters. The van der Waals surface area contributed by atoms with Crippen molar-refractivity contribution in [3.63, 3.8) is 0 Å². The Kier molecular flexibility index (Phi) is 16.1. The lowest BCUT2D eigenvalue weighted by Gasteiger charge is -2.45. The number of hydrogen-bond donors (Lipinski definition) is 0. The van der Waals surface area contributed by atoms with E-state index in [4.69, 9.17) is 6.57 Å². The van der Waals surface area contributed by atoms with Gasteiger partial charge in [0.1, 0.15) is 0 Å². The third-order valence-corrected chi connectivity index (χ3v) is 23.4. The second-order valence-corrected chi connectivity index (χ2v) is 34.2. The maximum absolute atomic E-state index is 11.6. The fraction of sp³-hybridized carbons (Fsp3) is 0.165. The smallest absolute Gasteiger partial charge is 0.247 e. The topological polar surface area (TPSA) is 41.2 Å². The number of para-hydroxylation sites is 5. The lowest BCUT2D eigenvalue weighted by atomic mass is 9.31. The highest BCUT2D eigenvalue weighted by Crippen LogP contribution is 2.56. The van der Waals surface area contributed by atoms with Crippen LogP contribution >= 0.6 is 0 Å². The molecule has 0 spiro atoms. The van der Waals surface area contributed by atoms with Crippen LogP contribution in [0.5, 0.6) is 0 Å². The predicted octanol–water partition coefficient (Wildman–Crippen LogP) is 25.6. The van der Waals surface area contributed by atoms with Gasteiger partial charge in [-0.05, 0) is 194 Å². The molecule has 0 saturated heterocycles. The second-order valence-electron chi connectivity index (χ2n) is 34.2. The number of nitriles is 1. The van der Waals surface area contributed by atoms with Crippen molar-refractivity contribution in [1.82, 2.24) is 9.13 Å². The summed E-state index contributed by atoms with van der Waals surface area (Å²) in [6.45, 7) is 36.4. The van der Waals surface area contributed by atoms with Gasteiger partial charge < -0.3 is 14.0 Å². The first kappa shape index (κ1) is 68.3. The Morgan fingerprint density at radius 1 is 0.349 bits per heavy atom. The molecule has 0 saturated carbocycles. The Morgan fingerprint density at radius 2 is 0.798 bits per heavy atom. The SMILES string of the molecule is [C-]#[N+]c1ccccc1-c1cc(C(C)(C)C)cc(-c2ccc(C(C)(C)C)cc2)c1N1c2cc(-n3c4ccccc4c4ccccc43)ccc2B2c3ccc(-n4c5ccccc5c5ccccc54)cc3C(c3c(-c4ccc(C(C)(C)C)cc4)cc(C(C)(C)C)cc3-c3ccccc3C#N)c3cc(-c4ccccc4)cc1c32. The van der Waals surface area contributed by atoms with Gasteiger partial charge in [-0.3, -0.25) is 0 Å². The minimum Gasteiger partial charge on any atom is -0.310 e. The lowest BCUT2D eigenvalue weighted by molar-refractivity contribution is 0.589. The molecule has 2 aliphatic rings. The first-order valence-corrected chi connectivity index (χ1v) is 38.4. The zero-order valence-corrected chi connectivity index (χ0v) is 64.2. The first-order valence-electron chi connectivity index (χ1n) is 38.4. The van der Waals surface area contributed by atoms with Gasteiger partial charge in [0.2, 0.25) is 6.71 Å². The Morgan fingerprint density at radius 3 is 1.33 bits per heavy atom. The van der Waals surface area contributed by atoms with Gasteiger partial charge in [0.15, 0.2) is 5.69 Å². The summed E-state index contributed by atoms with van der Waals surface area (Å²) >= 11 is 0. The van der Waals surface area contributed by atoms with E-state index in [0.29, 0.717) is 11.3 Å². The van der Waals surface area contributed by atoms with Gasteiger partial charge in [-0.2, -0.15) is 5.26 Å². The Labute approximate surface area is 641 Å². The zero-order chi connectivity index (χ0) is 75.2. The van der Waals surface area contributed by atoms with Crippen LogP contribution in [0.3, 0.4) is 0 Å². The van der Waals surface area contributed by atoms with Crippen molar-refractivity contribution in [2.45, 2.75) is 111 Å². The molecule has 18 rings (SSSR count). The maximum atomic E-state index is 11.6. The monoisotopic (exact) mass is 1400 g/mol.